The van der Waals surface area contributed by atoms with Crippen LogP contribution in [0.4, 0.5) is 4.79 Å². The molecule has 1 unspecified atom stereocenters. The summed E-state index contributed by atoms with van der Waals surface area (Å²) < 4.78 is 11.6. The van der Waals surface area contributed by atoms with E-state index in [9.17, 15) is 9.59 Å². The lowest BCUT2D eigenvalue weighted by molar-refractivity contribution is -0.130. The second kappa shape index (κ2) is 10.6. The van der Waals surface area contributed by atoms with Crippen LogP contribution in [-0.2, 0) is 20.9 Å². The number of carbonyl (C=O) groups excluding carboxylic acids is 2. The van der Waals surface area contributed by atoms with Crippen LogP contribution in [0.1, 0.15) is 55.6 Å². The van der Waals surface area contributed by atoms with E-state index in [4.69, 9.17) is 9.47 Å². The van der Waals surface area contributed by atoms with E-state index in [2.05, 4.69) is 30.3 Å². The summed E-state index contributed by atoms with van der Waals surface area (Å²) in [6.45, 7) is 1.01. The molecule has 1 atom stereocenters. The SMILES string of the molecule is O=C1CCCN(C(=O)OCc2ccccc2)C1COC1CCC(c2ccccc2)CC1. The third-order valence-corrected chi connectivity index (χ3v) is 6.44. The van der Waals surface area contributed by atoms with Gasteiger partial charge in [-0.3, -0.25) is 9.69 Å². The maximum Gasteiger partial charge on any atom is 0.410 e. The van der Waals surface area contributed by atoms with Crippen LogP contribution in [0, 0.1) is 0 Å². The number of amides is 1. The van der Waals surface area contributed by atoms with Gasteiger partial charge >= 0.3 is 6.09 Å². The highest BCUT2D eigenvalue weighted by Gasteiger charge is 2.35. The monoisotopic (exact) mass is 421 g/mol. The van der Waals surface area contributed by atoms with E-state index in [0.717, 1.165) is 31.2 Å². The zero-order valence-electron chi connectivity index (χ0n) is 17.9. The molecule has 1 heterocycles. The van der Waals surface area contributed by atoms with Gasteiger partial charge in [0.25, 0.3) is 0 Å². The smallest absolute Gasteiger partial charge is 0.410 e. The van der Waals surface area contributed by atoms with Crippen LogP contribution in [0.5, 0.6) is 0 Å². The number of likely N-dealkylation sites (tertiary alicyclic amines) is 1. The molecule has 2 fully saturated rings. The molecule has 2 aromatic carbocycles. The lowest BCUT2D eigenvalue weighted by atomic mass is 9.83. The van der Waals surface area contributed by atoms with Gasteiger partial charge in [0.2, 0.25) is 0 Å². The molecule has 2 aliphatic rings. The predicted molar refractivity (Wildman–Crippen MR) is 119 cm³/mol. The summed E-state index contributed by atoms with van der Waals surface area (Å²) in [5.41, 5.74) is 2.33. The van der Waals surface area contributed by atoms with Crippen molar-refractivity contribution in [3.63, 3.8) is 0 Å². The maximum absolute atomic E-state index is 12.7. The first kappa shape index (κ1) is 21.6. The standard InChI is InChI=1S/C26H31NO4/c28-25-12-7-17-27(26(29)31-18-20-8-3-1-4-9-20)24(25)19-30-23-15-13-22(14-16-23)21-10-5-2-6-11-21/h1-6,8-11,22-24H,7,12-19H2. The summed E-state index contributed by atoms with van der Waals surface area (Å²) in [5, 5.41) is 0. The molecule has 1 saturated carbocycles. The van der Waals surface area contributed by atoms with Gasteiger partial charge in [-0.2, -0.15) is 0 Å². The van der Waals surface area contributed by atoms with Crippen LogP contribution in [-0.4, -0.2) is 42.1 Å². The molecule has 1 aliphatic heterocycles. The van der Waals surface area contributed by atoms with E-state index in [0.29, 0.717) is 25.3 Å². The van der Waals surface area contributed by atoms with Crippen LogP contribution >= 0.6 is 0 Å². The number of ether oxygens (including phenoxy) is 2. The predicted octanol–water partition coefficient (Wildman–Crippen LogP) is 5.10. The molecule has 0 radical (unpaired) electrons. The minimum absolute atomic E-state index is 0.0703. The van der Waals surface area contributed by atoms with E-state index in [1.54, 1.807) is 4.90 Å². The highest BCUT2D eigenvalue weighted by molar-refractivity contribution is 5.88. The number of hydrogen-bond acceptors (Lipinski definition) is 4. The Morgan fingerprint density at radius 1 is 0.935 bits per heavy atom. The van der Waals surface area contributed by atoms with E-state index >= 15 is 0 Å². The molecule has 0 aromatic heterocycles. The molecule has 4 rings (SSSR count). The van der Waals surface area contributed by atoms with Crippen molar-refractivity contribution < 1.29 is 19.1 Å². The number of benzene rings is 2. The van der Waals surface area contributed by atoms with Crippen LogP contribution in [0.2, 0.25) is 0 Å². The molecule has 1 amide bonds. The topological polar surface area (TPSA) is 55.8 Å². The Kier molecular flexibility index (Phi) is 7.36. The van der Waals surface area contributed by atoms with Gasteiger partial charge in [0.15, 0.2) is 5.78 Å². The van der Waals surface area contributed by atoms with Crippen LogP contribution in [0.3, 0.4) is 0 Å². The second-order valence-corrected chi connectivity index (χ2v) is 8.54. The van der Waals surface area contributed by atoms with Gasteiger partial charge in [0, 0.05) is 13.0 Å². The Balaban J connectivity index is 1.27. The first-order valence-corrected chi connectivity index (χ1v) is 11.4. The van der Waals surface area contributed by atoms with Crippen molar-refractivity contribution in [2.45, 2.75) is 63.2 Å². The van der Waals surface area contributed by atoms with E-state index in [1.807, 2.05) is 30.3 Å². The zero-order chi connectivity index (χ0) is 21.5. The number of nitrogens with zero attached hydrogens (tertiary/aromatic N) is 1. The van der Waals surface area contributed by atoms with Gasteiger partial charge in [0.1, 0.15) is 12.6 Å². The summed E-state index contributed by atoms with van der Waals surface area (Å²) in [5.74, 6) is 0.655. The van der Waals surface area contributed by atoms with Crippen molar-refractivity contribution in [2.24, 2.45) is 0 Å². The van der Waals surface area contributed by atoms with Crippen molar-refractivity contribution >= 4 is 11.9 Å². The van der Waals surface area contributed by atoms with Crippen LogP contribution < -0.4 is 0 Å². The van der Waals surface area contributed by atoms with Crippen LogP contribution in [0.25, 0.3) is 0 Å². The number of Topliss-reactive ketones (excluding diaryl/α,β-unsaturated/α-hetero) is 1. The van der Waals surface area contributed by atoms with Crippen molar-refractivity contribution in [1.29, 1.82) is 0 Å². The maximum atomic E-state index is 12.7. The van der Waals surface area contributed by atoms with E-state index in [1.165, 1.54) is 5.56 Å². The highest BCUT2D eigenvalue weighted by Crippen LogP contribution is 2.34. The number of carbonyl (C=O) groups is 2. The molecule has 0 bridgehead atoms. The second-order valence-electron chi connectivity index (χ2n) is 8.54. The zero-order valence-corrected chi connectivity index (χ0v) is 17.9. The lowest BCUT2D eigenvalue weighted by Crippen LogP contribution is -2.51. The molecule has 164 valence electrons. The van der Waals surface area contributed by atoms with E-state index < -0.39 is 12.1 Å². The average Bonchev–Trinajstić information content (AvgIpc) is 2.83. The Morgan fingerprint density at radius 2 is 1.61 bits per heavy atom. The molecule has 0 N–H and O–H groups in total. The summed E-state index contributed by atoms with van der Waals surface area (Å²) in [4.78, 5) is 26.8. The highest BCUT2D eigenvalue weighted by atomic mass is 16.6. The van der Waals surface area contributed by atoms with Crippen LogP contribution in [0.15, 0.2) is 60.7 Å². The fourth-order valence-electron chi connectivity index (χ4n) is 4.64. The minimum Gasteiger partial charge on any atom is -0.445 e. The van der Waals surface area contributed by atoms with Gasteiger partial charge in [0.05, 0.1) is 12.7 Å². The summed E-state index contributed by atoms with van der Waals surface area (Å²) in [6, 6.07) is 19.7. The average molecular weight is 422 g/mol. The van der Waals surface area contributed by atoms with Gasteiger partial charge in [-0.15, -0.1) is 0 Å². The molecule has 0 spiro atoms. The summed E-state index contributed by atoms with van der Waals surface area (Å²) in [7, 11) is 0. The van der Waals surface area contributed by atoms with Gasteiger partial charge in [-0.05, 0) is 49.1 Å². The normalized spacial score (nSPS) is 24.1. The Bertz CT molecular complexity index is 846. The fourth-order valence-corrected chi connectivity index (χ4v) is 4.64. The minimum atomic E-state index is -0.538. The molecule has 1 saturated heterocycles. The molecule has 1 aliphatic carbocycles. The van der Waals surface area contributed by atoms with Gasteiger partial charge in [-0.25, -0.2) is 4.79 Å². The van der Waals surface area contributed by atoms with E-state index in [-0.39, 0.29) is 25.1 Å². The number of ketones is 1. The Hall–Kier alpha value is -2.66. The van der Waals surface area contributed by atoms with Crippen molar-refractivity contribution in [1.82, 2.24) is 4.90 Å². The lowest BCUT2D eigenvalue weighted by Gasteiger charge is -2.35. The van der Waals surface area contributed by atoms with Crippen molar-refractivity contribution in [2.75, 3.05) is 13.2 Å². The molecule has 5 heteroatoms. The summed E-state index contributed by atoms with van der Waals surface area (Å²) in [6.07, 6.45) is 5.05. The Morgan fingerprint density at radius 3 is 2.32 bits per heavy atom. The fraction of sp³-hybridized carbons (Fsp3) is 0.462. The molecular weight excluding hydrogens is 390 g/mol. The number of hydrogen-bond donors (Lipinski definition) is 0. The Labute approximate surface area is 184 Å². The largest absolute Gasteiger partial charge is 0.445 e. The first-order valence-electron chi connectivity index (χ1n) is 11.4. The number of rotatable bonds is 6. The van der Waals surface area contributed by atoms with Crippen molar-refractivity contribution in [3.05, 3.63) is 71.8 Å². The quantitative estimate of drug-likeness (QED) is 0.651. The molecule has 5 nitrogen and oxygen atoms in total. The summed E-state index contributed by atoms with van der Waals surface area (Å²) >= 11 is 0. The van der Waals surface area contributed by atoms with Gasteiger partial charge in [-0.1, -0.05) is 60.7 Å². The molecular formula is C26H31NO4. The third kappa shape index (κ3) is 5.73. The third-order valence-electron chi connectivity index (χ3n) is 6.44. The molecule has 31 heavy (non-hydrogen) atoms. The van der Waals surface area contributed by atoms with Crippen molar-refractivity contribution in [3.8, 4) is 0 Å². The molecule has 2 aromatic rings. The van der Waals surface area contributed by atoms with Gasteiger partial charge < -0.3 is 9.47 Å². The first-order chi connectivity index (χ1) is 15.2. The number of piperidine rings is 1.